The number of amides is 2. The van der Waals surface area contributed by atoms with E-state index in [1.807, 2.05) is 101 Å². The van der Waals surface area contributed by atoms with Crippen LogP contribution in [0.25, 0.3) is 44.3 Å². The van der Waals surface area contributed by atoms with Crippen LogP contribution in [0.3, 0.4) is 0 Å². The number of hydrogen-bond donors (Lipinski definition) is 5. The summed E-state index contributed by atoms with van der Waals surface area (Å²) >= 11 is 0. The predicted molar refractivity (Wildman–Crippen MR) is 363 cm³/mol. The summed E-state index contributed by atoms with van der Waals surface area (Å²) in [4.78, 5) is 51.1. The number of nitrogens with zero attached hydrogens (tertiary/aromatic N) is 11. The van der Waals surface area contributed by atoms with Gasteiger partial charge in [-0.05, 0) is 102 Å². The fraction of sp³-hybridized carbons (Fsp3) is 0.317. The maximum absolute atomic E-state index is 13.2. The quantitative estimate of drug-likeness (QED) is 0.0279. The van der Waals surface area contributed by atoms with Gasteiger partial charge in [0.15, 0.2) is 0 Å². The highest BCUT2D eigenvalue weighted by molar-refractivity contribution is 7.91. The number of fused-ring (bicyclic) bond motifs is 2. The third-order valence-electron chi connectivity index (χ3n) is 14.3. The molecule has 2 saturated carbocycles. The van der Waals surface area contributed by atoms with Crippen molar-refractivity contribution in [1.82, 2.24) is 37.7 Å². The van der Waals surface area contributed by atoms with E-state index in [1.54, 1.807) is 81.5 Å². The Labute approximate surface area is 537 Å². The Morgan fingerprint density at radius 3 is 1.28 bits per heavy atom. The lowest BCUT2D eigenvalue weighted by atomic mass is 10.1. The molecule has 0 saturated heterocycles. The van der Waals surface area contributed by atoms with Crippen LogP contribution in [0.1, 0.15) is 32.6 Å². The van der Waals surface area contributed by atoms with Crippen molar-refractivity contribution in [3.05, 3.63) is 135 Å². The minimum absolute atomic E-state index is 0.280. The van der Waals surface area contributed by atoms with E-state index in [-0.39, 0.29) is 34.2 Å². The second kappa shape index (κ2) is 30.6. The molecule has 29 heteroatoms. The maximum Gasteiger partial charge on any atom is 0.261 e. The number of carbonyl (C=O) groups is 2. The number of likely N-dealkylation sites (N-methyl/N-ethyl adjacent to an activating group) is 4. The van der Waals surface area contributed by atoms with E-state index in [2.05, 4.69) is 54.2 Å². The summed E-state index contributed by atoms with van der Waals surface area (Å²) in [5.41, 5.74) is 7.48. The van der Waals surface area contributed by atoms with Crippen LogP contribution in [0.5, 0.6) is 11.5 Å². The molecule has 8 aromatic rings. The highest BCUT2D eigenvalue weighted by Gasteiger charge is 2.39. The van der Waals surface area contributed by atoms with Crippen LogP contribution in [0.2, 0.25) is 0 Å². The smallest absolute Gasteiger partial charge is 0.261 e. The summed E-state index contributed by atoms with van der Waals surface area (Å²) in [6.45, 7) is 11.6. The van der Waals surface area contributed by atoms with Crippen molar-refractivity contribution in [3.8, 4) is 40.1 Å². The molecule has 0 atom stereocenters. The van der Waals surface area contributed by atoms with Crippen molar-refractivity contribution in [1.29, 1.82) is 5.26 Å². The highest BCUT2D eigenvalue weighted by Crippen LogP contribution is 2.42. The Morgan fingerprint density at radius 2 is 0.967 bits per heavy atom. The summed E-state index contributed by atoms with van der Waals surface area (Å²) in [6.07, 6.45) is 12.4. The number of benzene rings is 4. The third kappa shape index (κ3) is 17.9. The number of aromatic nitrogens is 6. The number of hydrogen-bond acceptors (Lipinski definition) is 21. The molecular weight excluding hydrogens is 1240 g/mol. The van der Waals surface area contributed by atoms with Crippen LogP contribution in [-0.4, -0.2) is 179 Å². The Morgan fingerprint density at radius 1 is 0.620 bits per heavy atom. The van der Waals surface area contributed by atoms with Crippen LogP contribution >= 0.6 is 0 Å². The van der Waals surface area contributed by atoms with Gasteiger partial charge in [-0.1, -0.05) is 49.6 Å². The van der Waals surface area contributed by atoms with Crippen molar-refractivity contribution in [2.75, 3.05) is 120 Å². The van der Waals surface area contributed by atoms with Crippen LogP contribution in [0.15, 0.2) is 135 Å². The fourth-order valence-electron chi connectivity index (χ4n) is 9.37. The lowest BCUT2D eigenvalue weighted by molar-refractivity contribution is -0.112. The predicted octanol–water partition coefficient (Wildman–Crippen LogP) is 8.66. The van der Waals surface area contributed by atoms with E-state index in [0.717, 1.165) is 48.3 Å². The summed E-state index contributed by atoms with van der Waals surface area (Å²) in [5.74, 6) is 0.928. The number of methoxy groups -OCH3 is 2. The SMILES string of the molecule is C=CC(=O)Nc1cc(Nc2nccc(-c3cn(S(=O)(=O)C4CC4)c4ccccc34)n2)c(OC)cc1N(C)CCN(C)C.C=CC(=O)Nc1cc(Nc2nccc(-c3cn(S(=O)(=O)C4CC4)c4ccccc34)n2)c(OC)cc1N(C)CCN(C)C.CC#N.CS(=O)(=O)O. The molecule has 488 valence electrons. The minimum Gasteiger partial charge on any atom is -0.494 e. The molecule has 2 aliphatic carbocycles. The van der Waals surface area contributed by atoms with E-state index in [9.17, 15) is 34.8 Å². The van der Waals surface area contributed by atoms with Crippen molar-refractivity contribution in [2.24, 2.45) is 0 Å². The molecule has 10 rings (SSSR count). The van der Waals surface area contributed by atoms with E-state index in [0.29, 0.717) is 99.7 Å². The number of carbonyl (C=O) groups excluding carboxylic acids is 2. The zero-order chi connectivity index (χ0) is 67.2. The third-order valence-corrected chi connectivity index (χ3v) is 18.6. The highest BCUT2D eigenvalue weighted by atomic mass is 32.2. The Kier molecular flexibility index (Phi) is 23.3. The van der Waals surface area contributed by atoms with Crippen LogP contribution in [0.4, 0.5) is 46.0 Å². The molecule has 0 bridgehead atoms. The number of nitrogens with one attached hydrogen (secondary N) is 4. The van der Waals surface area contributed by atoms with Crippen molar-refractivity contribution in [3.63, 3.8) is 0 Å². The van der Waals surface area contributed by atoms with Crippen LogP contribution in [0, 0.1) is 11.3 Å². The first-order valence-electron chi connectivity index (χ1n) is 28.8. The van der Waals surface area contributed by atoms with Gasteiger partial charge in [0.05, 0.1) is 93.6 Å². The van der Waals surface area contributed by atoms with Crippen molar-refractivity contribution >= 4 is 110 Å². The van der Waals surface area contributed by atoms with Gasteiger partial charge in [-0.3, -0.25) is 14.1 Å². The summed E-state index contributed by atoms with van der Waals surface area (Å²) < 4.78 is 92.7. The molecule has 5 N–H and O–H groups in total. The molecule has 4 aromatic heterocycles. The van der Waals surface area contributed by atoms with E-state index in [1.165, 1.54) is 27.0 Å². The molecule has 0 unspecified atom stereocenters. The normalized spacial score (nSPS) is 12.8. The van der Waals surface area contributed by atoms with Gasteiger partial charge in [0.2, 0.25) is 43.8 Å². The fourth-order valence-corrected chi connectivity index (χ4v) is 12.8. The first-order chi connectivity index (χ1) is 43.6. The van der Waals surface area contributed by atoms with E-state index in [4.69, 9.17) is 29.3 Å². The zero-order valence-corrected chi connectivity index (χ0v) is 55.4. The Bertz CT molecular complexity index is 4120. The lowest BCUT2D eigenvalue weighted by Crippen LogP contribution is -2.29. The first kappa shape index (κ1) is 70.0. The molecule has 26 nitrogen and oxygen atoms in total. The van der Waals surface area contributed by atoms with Gasteiger partial charge in [-0.15, -0.1) is 0 Å². The standard InChI is InChI=1S/2C30H35N7O4S.C2H3N.CH4O3S/c2*1-6-29(38)32-24-17-25(28(41-5)18-27(24)36(4)16-15-35(2)3)34-30-31-14-13-23(33-30)22-19-37(42(39,40)20-11-12-20)26-10-8-7-9-21(22)26;1-2-3;1-5(2,3)4/h2*6-10,13-14,17-20H,1,11-12,15-16H2,2-5H3,(H,32,38)(H,31,33,34);1H3;1H3,(H,2,3,4). The average molecular weight is 1320 g/mol. The number of rotatable bonds is 24. The average Bonchev–Trinajstić information content (AvgIpc) is 1.60. The minimum atomic E-state index is -3.67. The number of anilines is 8. The van der Waals surface area contributed by atoms with E-state index < -0.39 is 30.2 Å². The molecule has 4 heterocycles. The van der Waals surface area contributed by atoms with Crippen molar-refractivity contribution < 1.29 is 48.9 Å². The van der Waals surface area contributed by atoms with Crippen LogP contribution in [-0.2, 0) is 39.8 Å². The molecule has 2 amide bonds. The molecule has 0 aliphatic heterocycles. The summed E-state index contributed by atoms with van der Waals surface area (Å²) in [7, 11) is 4.38. The van der Waals surface area contributed by atoms with Gasteiger partial charge in [0, 0.05) is 106 Å². The first-order valence-corrected chi connectivity index (χ1v) is 33.7. The number of ether oxygens (including phenoxy) is 2. The van der Waals surface area contributed by atoms with Crippen molar-refractivity contribution in [2.45, 2.75) is 43.1 Å². The van der Waals surface area contributed by atoms with Gasteiger partial charge in [-0.25, -0.2) is 44.7 Å². The monoisotopic (exact) mass is 1320 g/mol. The molecule has 2 fully saturated rings. The molecule has 0 spiro atoms. The zero-order valence-electron chi connectivity index (χ0n) is 52.9. The molecular formula is C63H77N15O11S3. The van der Waals surface area contributed by atoms with Gasteiger partial charge in [-0.2, -0.15) is 13.7 Å². The number of para-hydroxylation sites is 2. The Hall–Kier alpha value is -9.44. The molecule has 92 heavy (non-hydrogen) atoms. The maximum atomic E-state index is 13.2. The molecule has 0 radical (unpaired) electrons. The van der Waals surface area contributed by atoms with Crippen LogP contribution < -0.4 is 40.5 Å². The summed E-state index contributed by atoms with van der Waals surface area (Å²) in [5, 5.41) is 20.4. The topological polar surface area (TPSA) is 322 Å². The number of nitriles is 1. The van der Waals surface area contributed by atoms with Gasteiger partial charge in [0.25, 0.3) is 10.1 Å². The van der Waals surface area contributed by atoms with Gasteiger partial charge < -0.3 is 50.3 Å². The van der Waals surface area contributed by atoms with E-state index >= 15 is 0 Å². The Balaban J connectivity index is 0.000000234. The molecule has 2 aliphatic rings. The summed E-state index contributed by atoms with van der Waals surface area (Å²) in [6, 6.07) is 27.3. The van der Waals surface area contributed by atoms with Gasteiger partial charge >= 0.3 is 0 Å². The second-order valence-electron chi connectivity index (χ2n) is 21.9. The molecule has 4 aromatic carbocycles. The largest absolute Gasteiger partial charge is 0.494 e. The second-order valence-corrected chi connectivity index (χ2v) is 27.6. The lowest BCUT2D eigenvalue weighted by Gasteiger charge is -2.26. The van der Waals surface area contributed by atoms with Gasteiger partial charge in [0.1, 0.15) is 11.5 Å².